The van der Waals surface area contributed by atoms with E-state index in [1.54, 1.807) is 0 Å². The first kappa shape index (κ1) is 28.7. The molecule has 3 heterocycles. The molecule has 0 fully saturated rings. The van der Waals surface area contributed by atoms with Gasteiger partial charge >= 0.3 is 0 Å². The molecule has 0 radical (unpaired) electrons. The lowest BCUT2D eigenvalue weighted by Gasteiger charge is -2.10. The minimum absolute atomic E-state index is 0.588. The molecule has 0 unspecified atom stereocenters. The second-order valence-corrected chi connectivity index (χ2v) is 13.2. The van der Waals surface area contributed by atoms with E-state index in [2.05, 4.69) is 144 Å². The van der Waals surface area contributed by atoms with Crippen molar-refractivity contribution in [1.29, 1.82) is 0 Å². The summed E-state index contributed by atoms with van der Waals surface area (Å²) < 4.78 is 8.84. The first-order chi connectivity index (χ1) is 25.8. The van der Waals surface area contributed by atoms with Crippen molar-refractivity contribution in [2.45, 2.75) is 0 Å². The summed E-state index contributed by atoms with van der Waals surface area (Å²) in [4.78, 5) is 15.5. The van der Waals surface area contributed by atoms with Crippen molar-refractivity contribution in [3.63, 3.8) is 0 Å². The summed E-state index contributed by atoms with van der Waals surface area (Å²) in [7, 11) is 0. The Kier molecular flexibility index (Phi) is 6.18. The van der Waals surface area contributed by atoms with Crippen LogP contribution in [0.15, 0.2) is 174 Å². The maximum atomic E-state index is 6.46. The molecular formula is C47H28N4O. The van der Waals surface area contributed by atoms with Crippen LogP contribution in [0.1, 0.15) is 0 Å². The van der Waals surface area contributed by atoms with Crippen LogP contribution in [0.5, 0.6) is 0 Å². The van der Waals surface area contributed by atoms with E-state index in [4.69, 9.17) is 19.4 Å². The second-order valence-electron chi connectivity index (χ2n) is 13.2. The van der Waals surface area contributed by atoms with E-state index in [1.807, 2.05) is 30.3 Å². The Balaban J connectivity index is 1.18. The number of para-hydroxylation sites is 1. The molecule has 11 rings (SSSR count). The molecule has 0 aliphatic heterocycles. The fourth-order valence-corrected chi connectivity index (χ4v) is 7.89. The first-order valence-corrected chi connectivity index (χ1v) is 17.5. The number of aromatic nitrogens is 4. The van der Waals surface area contributed by atoms with Crippen molar-refractivity contribution < 1.29 is 4.42 Å². The average Bonchev–Trinajstić information content (AvgIpc) is 3.77. The molecule has 0 bridgehead atoms. The third-order valence-electron chi connectivity index (χ3n) is 10.2. The highest BCUT2D eigenvalue weighted by atomic mass is 16.3. The zero-order valence-corrected chi connectivity index (χ0v) is 27.9. The van der Waals surface area contributed by atoms with Crippen molar-refractivity contribution in [3.05, 3.63) is 170 Å². The molecule has 3 aromatic heterocycles. The van der Waals surface area contributed by atoms with Gasteiger partial charge in [0.15, 0.2) is 17.5 Å². The lowest BCUT2D eigenvalue weighted by Crippen LogP contribution is -2.00. The largest absolute Gasteiger partial charge is 0.456 e. The van der Waals surface area contributed by atoms with E-state index in [0.717, 1.165) is 66.1 Å². The summed E-state index contributed by atoms with van der Waals surface area (Å²) in [6.07, 6.45) is 0. The molecule has 0 saturated carbocycles. The second kappa shape index (κ2) is 11.2. The molecule has 0 atom stereocenters. The number of nitrogens with zero attached hydrogens (tertiary/aromatic N) is 4. The molecule has 5 nitrogen and oxygen atoms in total. The van der Waals surface area contributed by atoms with E-state index in [1.165, 1.54) is 21.5 Å². The van der Waals surface area contributed by atoms with Gasteiger partial charge in [0.1, 0.15) is 11.2 Å². The van der Waals surface area contributed by atoms with Crippen LogP contribution in [0, 0.1) is 0 Å². The van der Waals surface area contributed by atoms with Gasteiger partial charge in [-0.05, 0) is 52.6 Å². The van der Waals surface area contributed by atoms with E-state index in [9.17, 15) is 0 Å². The Morgan fingerprint density at radius 3 is 1.88 bits per heavy atom. The number of hydrogen-bond donors (Lipinski definition) is 0. The van der Waals surface area contributed by atoms with Crippen LogP contribution < -0.4 is 0 Å². The molecule has 242 valence electrons. The van der Waals surface area contributed by atoms with Gasteiger partial charge in [-0.25, -0.2) is 15.0 Å². The van der Waals surface area contributed by atoms with Gasteiger partial charge in [-0.3, -0.25) is 0 Å². The van der Waals surface area contributed by atoms with E-state index >= 15 is 0 Å². The molecular weight excluding hydrogens is 637 g/mol. The Bertz CT molecular complexity index is 3180. The Morgan fingerprint density at radius 1 is 0.404 bits per heavy atom. The maximum absolute atomic E-state index is 6.46. The van der Waals surface area contributed by atoms with Gasteiger partial charge in [-0.2, -0.15) is 0 Å². The van der Waals surface area contributed by atoms with Gasteiger partial charge in [0.25, 0.3) is 0 Å². The fourth-order valence-electron chi connectivity index (χ4n) is 7.89. The molecule has 0 aliphatic carbocycles. The summed E-state index contributed by atoms with van der Waals surface area (Å²) in [5.41, 5.74) is 7.75. The van der Waals surface area contributed by atoms with Crippen molar-refractivity contribution in [1.82, 2.24) is 19.5 Å². The van der Waals surface area contributed by atoms with Gasteiger partial charge in [-0.1, -0.05) is 133 Å². The molecule has 0 amide bonds. The summed E-state index contributed by atoms with van der Waals surface area (Å²) in [5, 5.41) is 9.19. The van der Waals surface area contributed by atoms with Crippen LogP contribution in [0.3, 0.4) is 0 Å². The highest BCUT2D eigenvalue weighted by Gasteiger charge is 2.21. The van der Waals surface area contributed by atoms with Crippen LogP contribution in [0.4, 0.5) is 0 Å². The van der Waals surface area contributed by atoms with Crippen molar-refractivity contribution in [2.75, 3.05) is 0 Å². The lowest BCUT2D eigenvalue weighted by atomic mass is 10.0. The molecule has 11 aromatic rings. The first-order valence-electron chi connectivity index (χ1n) is 17.5. The molecule has 0 spiro atoms. The van der Waals surface area contributed by atoms with E-state index < -0.39 is 0 Å². The standard InChI is InChI=1S/C47H28N4O/c1-3-14-31(15-4-1)45-48-46(32-23-25-36-41(28-32)52-40-27-24-29-12-7-9-18-34(29)43(36)40)50-47(49-45)38-20-11-21-39-42(38)37-26-22-30-13-8-10-19-35(30)44(37)51(39)33-16-5-2-6-17-33/h1-28H. The molecule has 0 saturated heterocycles. The van der Waals surface area contributed by atoms with Gasteiger partial charge in [0.2, 0.25) is 0 Å². The lowest BCUT2D eigenvalue weighted by molar-refractivity contribution is 0.669. The van der Waals surface area contributed by atoms with Crippen LogP contribution in [-0.4, -0.2) is 19.5 Å². The minimum Gasteiger partial charge on any atom is -0.456 e. The zero-order chi connectivity index (χ0) is 34.2. The number of rotatable bonds is 4. The topological polar surface area (TPSA) is 56.7 Å². The molecule has 0 aliphatic rings. The number of fused-ring (bicyclic) bond motifs is 10. The monoisotopic (exact) mass is 664 g/mol. The molecule has 52 heavy (non-hydrogen) atoms. The van der Waals surface area contributed by atoms with Gasteiger partial charge in [-0.15, -0.1) is 0 Å². The predicted octanol–water partition coefficient (Wildman–Crippen LogP) is 12.2. The van der Waals surface area contributed by atoms with Gasteiger partial charge in [0.05, 0.1) is 11.0 Å². The van der Waals surface area contributed by atoms with Crippen LogP contribution in [-0.2, 0) is 0 Å². The molecule has 5 heteroatoms. The van der Waals surface area contributed by atoms with Gasteiger partial charge < -0.3 is 8.98 Å². The number of furan rings is 1. The summed E-state index contributed by atoms with van der Waals surface area (Å²) >= 11 is 0. The van der Waals surface area contributed by atoms with Gasteiger partial charge in [0, 0.05) is 49.3 Å². The smallest absolute Gasteiger partial charge is 0.164 e. The minimum atomic E-state index is 0.588. The van der Waals surface area contributed by atoms with Crippen LogP contribution in [0.25, 0.3) is 105 Å². The summed E-state index contributed by atoms with van der Waals surface area (Å²) in [6, 6.07) is 59.1. The van der Waals surface area contributed by atoms with Crippen molar-refractivity contribution in [2.24, 2.45) is 0 Å². The average molecular weight is 665 g/mol. The number of benzene rings is 8. The fraction of sp³-hybridized carbons (Fsp3) is 0. The van der Waals surface area contributed by atoms with Crippen molar-refractivity contribution >= 4 is 65.3 Å². The normalized spacial score (nSPS) is 11.8. The highest BCUT2D eigenvalue weighted by molar-refractivity contribution is 6.22. The Labute approximate surface area is 298 Å². The quantitative estimate of drug-likeness (QED) is 0.188. The maximum Gasteiger partial charge on any atom is 0.164 e. The Hall–Kier alpha value is -7.11. The number of hydrogen-bond acceptors (Lipinski definition) is 4. The third kappa shape index (κ3) is 4.33. The highest BCUT2D eigenvalue weighted by Crippen LogP contribution is 2.42. The summed E-state index contributed by atoms with van der Waals surface area (Å²) in [5.74, 6) is 1.82. The summed E-state index contributed by atoms with van der Waals surface area (Å²) in [6.45, 7) is 0. The molecule has 8 aromatic carbocycles. The van der Waals surface area contributed by atoms with E-state index in [-0.39, 0.29) is 0 Å². The molecule has 0 N–H and O–H groups in total. The van der Waals surface area contributed by atoms with Crippen LogP contribution >= 0.6 is 0 Å². The van der Waals surface area contributed by atoms with E-state index in [0.29, 0.717) is 17.5 Å². The third-order valence-corrected chi connectivity index (χ3v) is 10.2. The van der Waals surface area contributed by atoms with Crippen LogP contribution in [0.2, 0.25) is 0 Å². The van der Waals surface area contributed by atoms with Crippen molar-refractivity contribution in [3.8, 4) is 39.9 Å². The Morgan fingerprint density at radius 2 is 1.06 bits per heavy atom. The zero-order valence-electron chi connectivity index (χ0n) is 27.9. The SMILES string of the molecule is c1ccc(-c2nc(-c3ccc4c(c3)oc3ccc5ccccc5c34)nc(-c3cccc4c3c3ccc5ccccc5c3n4-c3ccccc3)n2)cc1. The predicted molar refractivity (Wildman–Crippen MR) is 213 cm³/mol.